The topological polar surface area (TPSA) is 171 Å². The Balaban J connectivity index is 0.000000248. The number of hydrogen-bond donors (Lipinski definition) is 4. The number of carbonyl (C=O) groups is 2. The minimum Gasteiger partial charge on any atom is -0.496 e. The highest BCUT2D eigenvalue weighted by Gasteiger charge is 2.35. The molecule has 0 bridgehead atoms. The molecule has 0 saturated carbocycles. The third kappa shape index (κ3) is 9.51. The molecule has 4 rings (SSSR count). The summed E-state index contributed by atoms with van der Waals surface area (Å²) < 4.78 is 62.8. The Bertz CT molecular complexity index is 1650. The van der Waals surface area contributed by atoms with Crippen LogP contribution in [0.15, 0.2) is 34.9 Å². The van der Waals surface area contributed by atoms with Gasteiger partial charge in [0.05, 0.1) is 44.8 Å². The standard InChI is InChI=1S/C13H14ClN3O4.C13H13F3N4O3S/c1-7-4-12(17-21-7)16-13(18)15-9-5-8(14)10(19-2)6-11(9)20-3;1-6-4-7(9(23-3)5-8(6)22-2)17-11(21)18-12-20-19-10(24-12)13(14,15)16/h4-6H,1-3H3,(H2,15,16,17,18);4-5H,1-3H3,(H2,17,18,20,21). The number of benzene rings is 2. The van der Waals surface area contributed by atoms with Crippen LogP contribution in [0.3, 0.4) is 0 Å². The van der Waals surface area contributed by atoms with E-state index in [-0.39, 0.29) is 16.5 Å². The van der Waals surface area contributed by atoms with Crippen molar-refractivity contribution in [1.82, 2.24) is 15.4 Å². The lowest BCUT2D eigenvalue weighted by Gasteiger charge is -2.13. The van der Waals surface area contributed by atoms with E-state index in [0.717, 1.165) is 5.56 Å². The Morgan fingerprint density at radius 3 is 1.84 bits per heavy atom. The number of aryl methyl sites for hydroxylation is 2. The van der Waals surface area contributed by atoms with Crippen molar-refractivity contribution in [2.45, 2.75) is 20.0 Å². The van der Waals surface area contributed by atoms with E-state index >= 15 is 0 Å². The summed E-state index contributed by atoms with van der Waals surface area (Å²) in [6.45, 7) is 3.49. The van der Waals surface area contributed by atoms with E-state index in [1.165, 1.54) is 34.5 Å². The van der Waals surface area contributed by atoms with Gasteiger partial charge in [-0.2, -0.15) is 13.2 Å². The predicted molar refractivity (Wildman–Crippen MR) is 160 cm³/mol. The van der Waals surface area contributed by atoms with E-state index in [1.54, 1.807) is 38.1 Å². The van der Waals surface area contributed by atoms with Crippen molar-refractivity contribution in [2.24, 2.45) is 0 Å². The van der Waals surface area contributed by atoms with Gasteiger partial charge in [-0.25, -0.2) is 9.59 Å². The third-order valence-electron chi connectivity index (χ3n) is 5.44. The maximum Gasteiger partial charge on any atom is 0.445 e. The Morgan fingerprint density at radius 2 is 1.33 bits per heavy atom. The van der Waals surface area contributed by atoms with Crippen LogP contribution in [0.4, 0.5) is 45.1 Å². The number of anilines is 4. The normalized spacial score (nSPS) is 10.6. The molecule has 242 valence electrons. The van der Waals surface area contributed by atoms with Crippen LogP contribution in [0.2, 0.25) is 5.02 Å². The Labute approximate surface area is 263 Å². The highest BCUT2D eigenvalue weighted by molar-refractivity contribution is 7.15. The van der Waals surface area contributed by atoms with Gasteiger partial charge in [-0.15, -0.1) is 10.2 Å². The molecule has 19 heteroatoms. The van der Waals surface area contributed by atoms with Crippen LogP contribution in [-0.2, 0) is 6.18 Å². The largest absolute Gasteiger partial charge is 0.496 e. The maximum atomic E-state index is 12.5. The number of ether oxygens (including phenoxy) is 4. The molecular weight excluding hydrogens is 647 g/mol. The highest BCUT2D eigenvalue weighted by atomic mass is 35.5. The molecule has 0 aliphatic rings. The van der Waals surface area contributed by atoms with E-state index in [0.29, 0.717) is 51.0 Å². The van der Waals surface area contributed by atoms with Crippen molar-refractivity contribution in [1.29, 1.82) is 0 Å². The second kappa shape index (κ2) is 15.2. The van der Waals surface area contributed by atoms with Crippen LogP contribution in [0, 0.1) is 13.8 Å². The second-order valence-electron chi connectivity index (χ2n) is 8.60. The summed E-state index contributed by atoms with van der Waals surface area (Å²) in [5.41, 5.74) is 1.47. The fourth-order valence-corrected chi connectivity index (χ4v) is 4.29. The Morgan fingerprint density at radius 1 is 0.778 bits per heavy atom. The minimum atomic E-state index is -4.61. The zero-order chi connectivity index (χ0) is 33.3. The van der Waals surface area contributed by atoms with Crippen LogP contribution in [-0.4, -0.2) is 55.9 Å². The molecule has 4 N–H and O–H groups in total. The number of rotatable bonds is 8. The number of halogens is 4. The van der Waals surface area contributed by atoms with Gasteiger partial charge in [-0.3, -0.25) is 10.6 Å². The van der Waals surface area contributed by atoms with Gasteiger partial charge >= 0.3 is 18.2 Å². The number of alkyl halides is 3. The summed E-state index contributed by atoms with van der Waals surface area (Å²) >= 11 is 6.25. The van der Waals surface area contributed by atoms with Crippen molar-refractivity contribution in [2.75, 3.05) is 49.7 Å². The lowest BCUT2D eigenvalue weighted by Crippen LogP contribution is -2.20. The van der Waals surface area contributed by atoms with E-state index in [4.69, 9.17) is 35.1 Å². The fraction of sp³-hybridized carbons (Fsp3) is 0.269. The number of aromatic nitrogens is 3. The van der Waals surface area contributed by atoms with Crippen molar-refractivity contribution < 1.29 is 46.2 Å². The molecule has 45 heavy (non-hydrogen) atoms. The molecule has 0 fully saturated rings. The van der Waals surface area contributed by atoms with Crippen molar-refractivity contribution >= 4 is 57.3 Å². The molecule has 0 saturated heterocycles. The number of methoxy groups -OCH3 is 4. The highest BCUT2D eigenvalue weighted by Crippen LogP contribution is 2.36. The Kier molecular flexibility index (Phi) is 11.6. The number of urea groups is 2. The molecule has 0 unspecified atom stereocenters. The third-order valence-corrected chi connectivity index (χ3v) is 6.62. The van der Waals surface area contributed by atoms with Gasteiger partial charge in [0.1, 0.15) is 28.8 Å². The molecule has 0 aliphatic carbocycles. The number of amides is 4. The molecule has 14 nitrogen and oxygen atoms in total. The summed E-state index contributed by atoms with van der Waals surface area (Å²) in [5, 5.41) is 18.7. The maximum absolute atomic E-state index is 12.5. The lowest BCUT2D eigenvalue weighted by atomic mass is 10.2. The van der Waals surface area contributed by atoms with Gasteiger partial charge in [0.15, 0.2) is 5.82 Å². The quantitative estimate of drug-likeness (QED) is 0.155. The van der Waals surface area contributed by atoms with Gasteiger partial charge < -0.3 is 34.1 Å². The molecule has 2 aromatic heterocycles. The lowest BCUT2D eigenvalue weighted by molar-refractivity contribution is -0.138. The summed E-state index contributed by atoms with van der Waals surface area (Å²) in [6.07, 6.45) is -4.61. The van der Waals surface area contributed by atoms with Gasteiger partial charge in [0.25, 0.3) is 0 Å². The van der Waals surface area contributed by atoms with E-state index in [9.17, 15) is 22.8 Å². The first kappa shape index (κ1) is 34.5. The monoisotopic (exact) mass is 673 g/mol. The average molecular weight is 674 g/mol. The van der Waals surface area contributed by atoms with E-state index < -0.39 is 23.2 Å². The van der Waals surface area contributed by atoms with Crippen molar-refractivity contribution in [3.63, 3.8) is 0 Å². The first-order chi connectivity index (χ1) is 21.3. The second-order valence-corrected chi connectivity index (χ2v) is 9.99. The van der Waals surface area contributed by atoms with Gasteiger partial charge in [0, 0.05) is 18.2 Å². The first-order valence-electron chi connectivity index (χ1n) is 12.4. The number of nitrogens with one attached hydrogen (secondary N) is 4. The summed E-state index contributed by atoms with van der Waals surface area (Å²) in [5.74, 6) is 2.67. The molecule has 0 spiro atoms. The van der Waals surface area contributed by atoms with Crippen LogP contribution < -0.4 is 40.2 Å². The molecule has 0 aliphatic heterocycles. The zero-order valence-electron chi connectivity index (χ0n) is 24.5. The SMILES string of the molecule is COc1cc(OC)c(NC(=O)Nc2cc(C)on2)cc1Cl.COc1cc(OC)c(NC(=O)Nc2nnc(C(F)(F)F)s2)cc1C. The number of nitrogens with zero attached hydrogens (tertiary/aromatic N) is 3. The fourth-order valence-electron chi connectivity index (χ4n) is 3.45. The van der Waals surface area contributed by atoms with Crippen LogP contribution in [0.5, 0.6) is 23.0 Å². The zero-order valence-corrected chi connectivity index (χ0v) is 26.1. The summed E-state index contributed by atoms with van der Waals surface area (Å²) in [6, 6.07) is 6.63. The molecule has 2 aromatic carbocycles. The smallest absolute Gasteiger partial charge is 0.445 e. The van der Waals surface area contributed by atoms with Gasteiger partial charge in [-0.05, 0) is 31.5 Å². The summed E-state index contributed by atoms with van der Waals surface area (Å²) in [7, 11) is 5.88. The predicted octanol–water partition coefficient (Wildman–Crippen LogP) is 6.82. The Hall–Kier alpha value is -4.97. The van der Waals surface area contributed by atoms with Gasteiger partial charge in [-0.1, -0.05) is 28.1 Å². The van der Waals surface area contributed by atoms with Crippen molar-refractivity contribution in [3.8, 4) is 23.0 Å². The van der Waals surface area contributed by atoms with Crippen LogP contribution in [0.1, 0.15) is 16.3 Å². The molecule has 0 atom stereocenters. The molecule has 2 heterocycles. The molecule has 4 amide bonds. The molecule has 4 aromatic rings. The number of carbonyl (C=O) groups excluding carboxylic acids is 2. The van der Waals surface area contributed by atoms with E-state index in [2.05, 4.69) is 36.6 Å². The van der Waals surface area contributed by atoms with Crippen LogP contribution in [0.25, 0.3) is 0 Å². The van der Waals surface area contributed by atoms with E-state index in [1.807, 2.05) is 0 Å². The summed E-state index contributed by atoms with van der Waals surface area (Å²) in [4.78, 5) is 23.8. The van der Waals surface area contributed by atoms with Gasteiger partial charge in [0.2, 0.25) is 10.1 Å². The first-order valence-corrected chi connectivity index (χ1v) is 13.6. The van der Waals surface area contributed by atoms with Crippen LogP contribution >= 0.6 is 22.9 Å². The minimum absolute atomic E-state index is 0.227. The van der Waals surface area contributed by atoms with Crippen molar-refractivity contribution in [3.05, 3.63) is 51.7 Å². The average Bonchev–Trinajstić information content (AvgIpc) is 3.62. The molecular formula is C26H27ClF3N7O7S. The molecule has 0 radical (unpaired) electrons. The number of hydrogen-bond acceptors (Lipinski definition) is 11.